The first-order chi connectivity index (χ1) is 4.47. The van der Waals surface area contributed by atoms with Crippen molar-refractivity contribution in [3.63, 3.8) is 0 Å². The van der Waals surface area contributed by atoms with Gasteiger partial charge in [-0.2, -0.15) is 0 Å². The topological polar surface area (TPSA) is 195 Å². The van der Waals surface area contributed by atoms with E-state index in [1.807, 2.05) is 0 Å². The quantitative estimate of drug-likeness (QED) is 0.362. The van der Waals surface area contributed by atoms with Crippen LogP contribution in [0.1, 0.15) is 0 Å². The molecule has 14 heteroatoms. The summed E-state index contributed by atoms with van der Waals surface area (Å²) in [5.41, 5.74) is 0. The molecule has 0 amide bonds. The van der Waals surface area contributed by atoms with Gasteiger partial charge in [0.1, 0.15) is 0 Å². The molecule has 0 saturated carbocycles. The zero-order chi connectivity index (χ0) is 10.9. The van der Waals surface area contributed by atoms with Crippen LogP contribution in [0.15, 0.2) is 0 Å². The first kappa shape index (κ1) is 24.1. The van der Waals surface area contributed by atoms with Crippen molar-refractivity contribution in [3.05, 3.63) is 0 Å². The predicted molar refractivity (Wildman–Crippen MR) is 4.12 cm³/mol. The molecule has 14 heavy (non-hydrogen) atoms. The Morgan fingerprint density at radius 1 is 0.571 bits per heavy atom. The van der Waals surface area contributed by atoms with Gasteiger partial charge in [-0.1, -0.05) is 0 Å². The molecule has 0 spiro atoms. The Labute approximate surface area is 97.1 Å². The Hall–Kier alpha value is 0.679. The van der Waals surface area contributed by atoms with Crippen LogP contribution in [0.5, 0.6) is 0 Å². The van der Waals surface area contributed by atoms with Crippen LogP contribution in [0.25, 0.3) is 0 Å². The first-order valence-corrected chi connectivity index (χ1v) is 6.36. The van der Waals surface area contributed by atoms with E-state index in [-0.39, 0.29) is 33.3 Å². The van der Waals surface area contributed by atoms with Crippen LogP contribution in [0, 0.1) is 0 Å². The third kappa shape index (κ3) is 3750. The van der Waals surface area contributed by atoms with Gasteiger partial charge < -0.3 is 0 Å². The molecule has 0 atom stereocenters. The number of hydrogen-bond acceptors (Lipinski definition) is 10. The normalized spacial score (nSPS) is 16.0. The van der Waals surface area contributed by atoms with E-state index in [4.69, 9.17) is 39.8 Å². The van der Waals surface area contributed by atoms with Crippen LogP contribution in [-0.2, 0) is 80.8 Å². The van der Waals surface area contributed by atoms with Gasteiger partial charge in [0.15, 0.2) is 0 Å². The molecule has 0 aromatic carbocycles. The summed E-state index contributed by atoms with van der Waals surface area (Å²) in [6.45, 7) is 0. The number of hydrogen-bond donors (Lipinski definition) is 0. The Morgan fingerprint density at radius 3 is 0.571 bits per heavy atom. The monoisotopic (exact) mass is 387 g/mol. The van der Waals surface area contributed by atoms with Gasteiger partial charge in [0, 0.05) is 0 Å². The summed E-state index contributed by atoms with van der Waals surface area (Å²) in [6.07, 6.45) is 0. The van der Waals surface area contributed by atoms with Crippen molar-refractivity contribution in [2.45, 2.75) is 0 Å². The Balaban J connectivity index is -0.0000000625. The van der Waals surface area contributed by atoms with Gasteiger partial charge in [-0.25, -0.2) is 0 Å². The van der Waals surface area contributed by atoms with Crippen LogP contribution in [-0.4, -0.2) is 0 Å². The summed E-state index contributed by atoms with van der Waals surface area (Å²) in [4.78, 5) is 0. The van der Waals surface area contributed by atoms with Gasteiger partial charge in [-0.15, -0.1) is 0 Å². The molecule has 0 fully saturated rings. The fraction of sp³-hybridized carbons (Fsp3) is 0. The van der Waals surface area contributed by atoms with E-state index in [0.717, 1.165) is 0 Å². The maximum absolute atomic E-state index is 8.61. The van der Waals surface area contributed by atoms with Crippen LogP contribution in [0.2, 0.25) is 0 Å². The predicted octanol–water partition coefficient (Wildman–Crippen LogP) is -5.48. The second-order valence-corrected chi connectivity index (χ2v) is 5.19. The van der Waals surface area contributed by atoms with Crippen LogP contribution < -0.4 is 16.8 Å². The van der Waals surface area contributed by atoms with E-state index in [0.29, 0.717) is 0 Å². The second-order valence-electron chi connectivity index (χ2n) is 1.26. The zero-order valence-electron chi connectivity index (χ0n) is 5.49. The summed E-state index contributed by atoms with van der Waals surface area (Å²) in [7, 11) is 0. The van der Waals surface area contributed by atoms with Gasteiger partial charge >= 0.3 is 97.5 Å². The Morgan fingerprint density at radius 2 is 0.571 bits per heavy atom. The molecule has 93 valence electrons. The second kappa shape index (κ2) is 5.14. The van der Waals surface area contributed by atoms with Crippen LogP contribution >= 0.6 is 0 Å². The molecule has 0 aliphatic heterocycles. The molecule has 0 aromatic heterocycles. The van der Waals surface area contributed by atoms with E-state index in [2.05, 4.69) is 0 Å². The van der Waals surface area contributed by atoms with Crippen molar-refractivity contribution in [2.24, 2.45) is 0 Å². The summed E-state index contributed by atoms with van der Waals surface area (Å²) in [6, 6.07) is 0. The van der Waals surface area contributed by atoms with E-state index >= 15 is 0 Å². The summed E-state index contributed by atoms with van der Waals surface area (Å²) in [5.74, 6) is 0. The van der Waals surface area contributed by atoms with Crippen molar-refractivity contribution in [1.29, 1.82) is 0 Å². The molecule has 0 bridgehead atoms. The molecule has 0 unspecified atom stereocenters. The first-order valence-electron chi connectivity index (χ1n) is 1.54. The molecule has 0 aliphatic rings. The van der Waals surface area contributed by atoms with Gasteiger partial charge in [-0.05, 0) is 0 Å². The van der Waals surface area contributed by atoms with E-state index in [9.17, 15) is 0 Å². The van der Waals surface area contributed by atoms with Crippen molar-refractivity contribution in [3.8, 4) is 0 Å². The summed E-state index contributed by atoms with van der Waals surface area (Å²) in [5, 5.41) is 0. The van der Waals surface area contributed by atoms with Crippen molar-refractivity contribution < 1.29 is 97.5 Å². The van der Waals surface area contributed by atoms with Gasteiger partial charge in [0.2, 0.25) is 0 Å². The van der Waals surface area contributed by atoms with E-state index in [1.165, 1.54) is 0 Å². The third-order valence-corrected chi connectivity index (χ3v) is 0. The molecule has 0 rings (SSSR count). The maximum atomic E-state index is 8.61. The zero-order valence-corrected chi connectivity index (χ0v) is 9.88. The summed E-state index contributed by atoms with van der Waals surface area (Å²) < 4.78 is 86.1. The average molecular weight is 387 g/mol. The van der Waals surface area contributed by atoms with Crippen molar-refractivity contribution >= 4 is 0 Å². The summed E-state index contributed by atoms with van der Waals surface area (Å²) >= 11 is -15.0. The number of rotatable bonds is 0. The van der Waals surface area contributed by atoms with Gasteiger partial charge in [-0.3, -0.25) is 0 Å². The fourth-order valence-corrected chi connectivity index (χ4v) is 0. The van der Waals surface area contributed by atoms with Gasteiger partial charge in [0.25, 0.3) is 0 Å². The molecule has 0 aliphatic carbocycles. The van der Waals surface area contributed by atoms with Crippen molar-refractivity contribution in [1.82, 2.24) is 0 Å². The molecule has 0 saturated heterocycles. The van der Waals surface area contributed by atoms with Gasteiger partial charge in [0.05, 0.1) is 0 Å². The van der Waals surface area contributed by atoms with Crippen LogP contribution in [0.3, 0.4) is 0 Å². The molecule has 0 aromatic rings. The minimum absolute atomic E-state index is 0. The van der Waals surface area contributed by atoms with E-state index in [1.54, 1.807) is 0 Å². The third-order valence-electron chi connectivity index (χ3n) is 0. The Bertz CT molecular complexity index is 431. The van der Waals surface area contributed by atoms with E-state index < -0.39 is 24.5 Å². The molecular weight excluding hydrogens is 387 g/mol. The standard InChI is InChI=1S/Co.2Mn.Ni.10O/q+2;;;+2;;;;;;;4*-1. The Kier molecular flexibility index (Phi) is 8.85. The van der Waals surface area contributed by atoms with Crippen molar-refractivity contribution in [2.75, 3.05) is 0 Å². The van der Waals surface area contributed by atoms with Crippen LogP contribution in [0.4, 0.5) is 0 Å². The molecule has 0 heterocycles. The molecule has 10 nitrogen and oxygen atoms in total. The fourth-order valence-electron chi connectivity index (χ4n) is 0. The minimum atomic E-state index is -7.51. The molecule has 1 radical (unpaired) electrons. The SMILES string of the molecule is [Co+2].[Ni+2].[O]=[Mn](=[O])(=[O])([O-])[O-].[O]=[Mn](=[O])(=[O])([O-])[O-]. The molecule has 0 N–H and O–H groups in total. The average Bonchev–Trinajstić information content (AvgIpc) is 1.02. The molecular formula is CoMn2NiO10.